The summed E-state index contributed by atoms with van der Waals surface area (Å²) in [6, 6.07) is 15.9. The van der Waals surface area contributed by atoms with Crippen LogP contribution in [0.5, 0.6) is 11.5 Å². The molecular weight excluding hydrogens is 574 g/mol. The van der Waals surface area contributed by atoms with Gasteiger partial charge in [-0.3, -0.25) is 9.59 Å². The summed E-state index contributed by atoms with van der Waals surface area (Å²) in [5.74, 6) is -0.950. The van der Waals surface area contributed by atoms with Crippen LogP contribution in [0.3, 0.4) is 0 Å². The van der Waals surface area contributed by atoms with E-state index in [1.807, 2.05) is 38.1 Å². The fraction of sp³-hybridized carbons (Fsp3) is 0.148. The number of amides is 2. The van der Waals surface area contributed by atoms with Crippen molar-refractivity contribution >= 4 is 55.3 Å². The normalized spacial score (nSPS) is 11.3. The minimum atomic E-state index is -4.26. The van der Waals surface area contributed by atoms with Crippen molar-refractivity contribution < 1.29 is 26.9 Å². The zero-order valence-electron chi connectivity index (χ0n) is 21.0. The Morgan fingerprint density at radius 1 is 1.03 bits per heavy atom. The fourth-order valence-electron chi connectivity index (χ4n) is 3.35. The Morgan fingerprint density at radius 2 is 1.71 bits per heavy atom. The second-order valence-corrected chi connectivity index (χ2v) is 10.6. The van der Waals surface area contributed by atoms with Gasteiger partial charge in [0.15, 0.2) is 11.5 Å². The van der Waals surface area contributed by atoms with Gasteiger partial charge in [-0.05, 0) is 95.0 Å². The second kappa shape index (κ2) is 11.9. The number of rotatable bonds is 8. The van der Waals surface area contributed by atoms with Crippen LogP contribution in [0.1, 0.15) is 23.6 Å². The van der Waals surface area contributed by atoms with Crippen molar-refractivity contribution in [2.24, 2.45) is 0 Å². The lowest BCUT2D eigenvalue weighted by Gasteiger charge is -2.14. The summed E-state index contributed by atoms with van der Waals surface area (Å²) in [5.41, 5.74) is 3.05. The molecule has 0 spiro atoms. The third-order valence-electron chi connectivity index (χ3n) is 5.23. The lowest BCUT2D eigenvalue weighted by atomic mass is 10.1. The summed E-state index contributed by atoms with van der Waals surface area (Å²) < 4.78 is 36.7. The molecule has 2 amide bonds. The van der Waals surface area contributed by atoms with Gasteiger partial charge < -0.3 is 19.6 Å². The summed E-state index contributed by atoms with van der Waals surface area (Å²) in [4.78, 5) is 23.8. The maximum absolute atomic E-state index is 12.9. The largest absolute Gasteiger partial charge is 0.493 e. The van der Waals surface area contributed by atoms with Crippen LogP contribution in [0.2, 0.25) is 0 Å². The molecule has 0 radical (unpaired) electrons. The first kappa shape index (κ1) is 28.4. The van der Waals surface area contributed by atoms with E-state index in [1.165, 1.54) is 56.5 Å². The number of ether oxygens (including phenoxy) is 1. The number of carbonyl (C=O) groups excluding carboxylic acids is 2. The molecule has 0 aliphatic carbocycles. The molecule has 3 aromatic carbocycles. The molecular formula is C27H24BrN3O6S. The molecule has 0 atom stereocenters. The molecule has 0 aromatic heterocycles. The van der Waals surface area contributed by atoms with Gasteiger partial charge in [0.05, 0.1) is 11.6 Å². The highest BCUT2D eigenvalue weighted by Crippen LogP contribution is 2.39. The van der Waals surface area contributed by atoms with E-state index >= 15 is 0 Å². The Bertz CT molecular complexity index is 1580. The monoisotopic (exact) mass is 597 g/mol. The summed E-state index contributed by atoms with van der Waals surface area (Å²) in [7, 11) is -2.94. The summed E-state index contributed by atoms with van der Waals surface area (Å²) in [5, 5.41) is 14.9. The summed E-state index contributed by atoms with van der Waals surface area (Å²) in [6.45, 7) is 5.08. The van der Waals surface area contributed by atoms with E-state index in [0.717, 1.165) is 11.1 Å². The van der Waals surface area contributed by atoms with Crippen LogP contribution in [0.15, 0.2) is 69.5 Å². The Kier molecular flexibility index (Phi) is 8.93. The third kappa shape index (κ3) is 7.00. The van der Waals surface area contributed by atoms with Gasteiger partial charge in [0.25, 0.3) is 5.91 Å². The molecule has 0 saturated carbocycles. The number of nitrogens with zero attached hydrogens (tertiary/aromatic N) is 1. The highest BCUT2D eigenvalue weighted by Gasteiger charge is 2.22. The summed E-state index contributed by atoms with van der Waals surface area (Å²) in [6.07, 6.45) is 1.35. The lowest BCUT2D eigenvalue weighted by Crippen LogP contribution is -2.14. The molecule has 0 saturated heterocycles. The van der Waals surface area contributed by atoms with Crippen molar-refractivity contribution in [2.75, 3.05) is 17.7 Å². The van der Waals surface area contributed by atoms with Crippen LogP contribution < -0.4 is 19.6 Å². The van der Waals surface area contributed by atoms with Gasteiger partial charge in [-0.2, -0.15) is 13.7 Å². The Labute approximate surface area is 229 Å². The van der Waals surface area contributed by atoms with Crippen molar-refractivity contribution in [1.29, 1.82) is 5.26 Å². The van der Waals surface area contributed by atoms with Crippen molar-refractivity contribution in [3.8, 4) is 17.6 Å². The van der Waals surface area contributed by atoms with Crippen LogP contribution in [-0.4, -0.2) is 27.3 Å². The minimum absolute atomic E-state index is 0.0521. The van der Waals surface area contributed by atoms with E-state index in [0.29, 0.717) is 16.9 Å². The van der Waals surface area contributed by atoms with E-state index in [4.69, 9.17) is 8.92 Å². The zero-order valence-corrected chi connectivity index (χ0v) is 23.4. The highest BCUT2D eigenvalue weighted by atomic mass is 79.9. The third-order valence-corrected chi connectivity index (χ3v) is 7.05. The van der Waals surface area contributed by atoms with Crippen molar-refractivity contribution in [3.63, 3.8) is 0 Å². The van der Waals surface area contributed by atoms with Crippen molar-refractivity contribution in [2.45, 2.75) is 25.7 Å². The zero-order chi connectivity index (χ0) is 28.0. The number of carbonyl (C=O) groups is 2. The lowest BCUT2D eigenvalue weighted by molar-refractivity contribution is -0.114. The van der Waals surface area contributed by atoms with E-state index in [9.17, 15) is 23.3 Å². The van der Waals surface area contributed by atoms with E-state index < -0.39 is 16.0 Å². The molecule has 9 nitrogen and oxygen atoms in total. The van der Waals surface area contributed by atoms with Gasteiger partial charge >= 0.3 is 10.1 Å². The smallest absolute Gasteiger partial charge is 0.339 e. The molecule has 0 unspecified atom stereocenters. The SMILES string of the molecule is COc1cc(/C=C(\C#N)C(=O)Nc2cc(C)ccc2C)cc(Br)c1OS(=O)(=O)c1ccc(NC(C)=O)cc1. The van der Waals surface area contributed by atoms with Gasteiger partial charge in [0.2, 0.25) is 5.91 Å². The van der Waals surface area contributed by atoms with Crippen molar-refractivity contribution in [1.82, 2.24) is 0 Å². The second-order valence-electron chi connectivity index (χ2n) is 8.22. The van der Waals surface area contributed by atoms with E-state index in [-0.39, 0.29) is 32.3 Å². The van der Waals surface area contributed by atoms with Gasteiger partial charge in [0.1, 0.15) is 16.5 Å². The van der Waals surface area contributed by atoms with Gasteiger partial charge in [-0.1, -0.05) is 12.1 Å². The van der Waals surface area contributed by atoms with Gasteiger partial charge in [-0.15, -0.1) is 0 Å². The highest BCUT2D eigenvalue weighted by molar-refractivity contribution is 9.10. The molecule has 0 bridgehead atoms. The average Bonchev–Trinajstić information content (AvgIpc) is 2.86. The standard InChI is InChI=1S/C27H24BrN3O6S/c1-16-5-6-17(2)24(11-16)31-27(33)20(15-29)12-19-13-23(28)26(25(14-19)36-4)37-38(34,35)22-9-7-21(8-10-22)30-18(3)32/h5-14H,1-4H3,(H,30,32)(H,31,33)/b20-12+. The van der Waals surface area contributed by atoms with E-state index in [1.54, 1.807) is 0 Å². The number of hydrogen-bond donors (Lipinski definition) is 2. The topological polar surface area (TPSA) is 135 Å². The van der Waals surface area contributed by atoms with Gasteiger partial charge in [-0.25, -0.2) is 0 Å². The van der Waals surface area contributed by atoms with Crippen LogP contribution in [-0.2, 0) is 19.7 Å². The number of methoxy groups -OCH3 is 1. The Hall–Kier alpha value is -4.14. The van der Waals surface area contributed by atoms with E-state index in [2.05, 4.69) is 26.6 Å². The first-order chi connectivity index (χ1) is 17.9. The van der Waals surface area contributed by atoms with Crippen LogP contribution in [0.25, 0.3) is 6.08 Å². The van der Waals surface area contributed by atoms with Crippen LogP contribution in [0.4, 0.5) is 11.4 Å². The molecule has 3 rings (SSSR count). The molecule has 38 heavy (non-hydrogen) atoms. The average molecular weight is 598 g/mol. The van der Waals surface area contributed by atoms with Gasteiger partial charge in [0, 0.05) is 18.3 Å². The van der Waals surface area contributed by atoms with Crippen LogP contribution in [0, 0.1) is 25.2 Å². The van der Waals surface area contributed by atoms with Crippen molar-refractivity contribution in [3.05, 3.63) is 81.3 Å². The molecule has 0 heterocycles. The molecule has 3 aromatic rings. The quantitative estimate of drug-likeness (QED) is 0.203. The predicted molar refractivity (Wildman–Crippen MR) is 147 cm³/mol. The molecule has 196 valence electrons. The number of anilines is 2. The maximum Gasteiger partial charge on any atom is 0.339 e. The number of hydrogen-bond acceptors (Lipinski definition) is 7. The molecule has 0 aliphatic rings. The molecule has 0 fully saturated rings. The predicted octanol–water partition coefficient (Wildman–Crippen LogP) is 5.35. The molecule has 0 aliphatic heterocycles. The van der Waals surface area contributed by atoms with Crippen LogP contribution >= 0.6 is 15.9 Å². The first-order valence-corrected chi connectivity index (χ1v) is 13.3. The number of nitrogens with one attached hydrogen (secondary N) is 2. The maximum atomic E-state index is 12.9. The number of nitriles is 1. The number of halogens is 1. The Balaban J connectivity index is 1.89. The summed E-state index contributed by atoms with van der Waals surface area (Å²) >= 11 is 3.29. The minimum Gasteiger partial charge on any atom is -0.493 e. The number of aryl methyl sites for hydroxylation is 2. The Morgan fingerprint density at radius 3 is 2.32 bits per heavy atom. The number of benzene rings is 3. The fourth-order valence-corrected chi connectivity index (χ4v) is 4.95. The first-order valence-electron chi connectivity index (χ1n) is 11.1. The molecule has 2 N–H and O–H groups in total. The molecule has 11 heteroatoms.